The van der Waals surface area contributed by atoms with Crippen molar-refractivity contribution < 1.29 is 4.43 Å². The summed E-state index contributed by atoms with van der Waals surface area (Å²) in [4.78, 5) is 0. The normalized spacial score (nSPS) is 47.6. The van der Waals surface area contributed by atoms with Gasteiger partial charge in [-0.3, -0.25) is 0 Å². The molecule has 2 saturated carbocycles. The van der Waals surface area contributed by atoms with E-state index in [2.05, 4.69) is 47.3 Å². The van der Waals surface area contributed by atoms with Gasteiger partial charge in [0.25, 0.3) is 0 Å². The molecular formula is C18H32OSi. The molecule has 3 aliphatic rings. The molecule has 2 heteroatoms. The minimum absolute atomic E-state index is 0.326. The van der Waals surface area contributed by atoms with Gasteiger partial charge in [0.2, 0.25) is 8.32 Å². The topological polar surface area (TPSA) is 9.23 Å². The highest BCUT2D eigenvalue weighted by Crippen LogP contribution is 2.75. The van der Waals surface area contributed by atoms with E-state index in [0.717, 1.165) is 17.8 Å². The highest BCUT2D eigenvalue weighted by atomic mass is 28.4. The van der Waals surface area contributed by atoms with Gasteiger partial charge in [-0.25, -0.2) is 0 Å². The van der Waals surface area contributed by atoms with Gasteiger partial charge in [0.15, 0.2) is 0 Å². The summed E-state index contributed by atoms with van der Waals surface area (Å²) in [7, 11) is -1.52. The molecule has 0 amide bonds. The van der Waals surface area contributed by atoms with Crippen molar-refractivity contribution in [2.45, 2.75) is 73.0 Å². The van der Waals surface area contributed by atoms with E-state index in [1.807, 2.05) is 0 Å². The molecule has 0 aromatic rings. The maximum absolute atomic E-state index is 6.65. The largest absolute Gasteiger partial charge is 0.547 e. The lowest BCUT2D eigenvalue weighted by atomic mass is 9.61. The Morgan fingerprint density at radius 2 is 1.75 bits per heavy atom. The SMILES string of the molecule is CC1=C(O[Si](C)(C)C)[C@]2(C)CC[C@H]3[C@H](C)CC[C@]32C1C. The second kappa shape index (κ2) is 4.15. The summed E-state index contributed by atoms with van der Waals surface area (Å²) in [5, 5.41) is 0. The molecular weight excluding hydrogens is 260 g/mol. The van der Waals surface area contributed by atoms with Crippen LogP contribution in [-0.2, 0) is 4.43 Å². The first-order valence-corrected chi connectivity index (χ1v) is 11.9. The summed E-state index contributed by atoms with van der Waals surface area (Å²) in [6, 6.07) is 0. The van der Waals surface area contributed by atoms with Gasteiger partial charge in [-0.05, 0) is 81.0 Å². The Kier molecular flexibility index (Phi) is 3.05. The molecule has 3 aliphatic carbocycles. The van der Waals surface area contributed by atoms with Crippen LogP contribution < -0.4 is 0 Å². The zero-order valence-corrected chi connectivity index (χ0v) is 15.5. The Bertz CT molecular complexity index is 461. The van der Waals surface area contributed by atoms with E-state index in [1.54, 1.807) is 5.57 Å². The summed E-state index contributed by atoms with van der Waals surface area (Å²) in [5.41, 5.74) is 2.42. The second-order valence-electron chi connectivity index (χ2n) is 8.98. The molecule has 3 rings (SSSR count). The molecule has 0 saturated heterocycles. The van der Waals surface area contributed by atoms with Gasteiger partial charge in [-0.15, -0.1) is 0 Å². The molecule has 0 aromatic heterocycles. The molecule has 1 spiro atoms. The monoisotopic (exact) mass is 292 g/mol. The zero-order valence-electron chi connectivity index (χ0n) is 14.5. The van der Waals surface area contributed by atoms with Gasteiger partial charge in [-0.1, -0.05) is 20.8 Å². The maximum atomic E-state index is 6.65. The summed E-state index contributed by atoms with van der Waals surface area (Å²) in [6.07, 6.45) is 5.63. The lowest BCUT2D eigenvalue weighted by molar-refractivity contribution is 0.0481. The molecule has 20 heavy (non-hydrogen) atoms. The van der Waals surface area contributed by atoms with E-state index in [1.165, 1.54) is 31.4 Å². The summed E-state index contributed by atoms with van der Waals surface area (Å²) < 4.78 is 6.65. The first-order valence-electron chi connectivity index (χ1n) is 8.54. The van der Waals surface area contributed by atoms with Gasteiger partial charge in [0.1, 0.15) is 0 Å². The van der Waals surface area contributed by atoms with Gasteiger partial charge in [0.05, 0.1) is 5.76 Å². The van der Waals surface area contributed by atoms with Crippen LogP contribution in [0.2, 0.25) is 19.6 Å². The quantitative estimate of drug-likeness (QED) is 0.602. The fraction of sp³-hybridized carbons (Fsp3) is 0.889. The van der Waals surface area contributed by atoms with Gasteiger partial charge in [0, 0.05) is 5.41 Å². The molecule has 5 atom stereocenters. The Balaban J connectivity index is 2.07. The average molecular weight is 293 g/mol. The lowest BCUT2D eigenvalue weighted by Crippen LogP contribution is -2.40. The van der Waals surface area contributed by atoms with Crippen molar-refractivity contribution in [2.75, 3.05) is 0 Å². The predicted molar refractivity (Wildman–Crippen MR) is 88.0 cm³/mol. The molecule has 0 bridgehead atoms. The summed E-state index contributed by atoms with van der Waals surface area (Å²) >= 11 is 0. The molecule has 0 aliphatic heterocycles. The Morgan fingerprint density at radius 1 is 1.10 bits per heavy atom. The third kappa shape index (κ3) is 1.60. The number of hydrogen-bond donors (Lipinski definition) is 0. The van der Waals surface area contributed by atoms with Crippen LogP contribution in [0.15, 0.2) is 11.3 Å². The van der Waals surface area contributed by atoms with E-state index in [-0.39, 0.29) is 0 Å². The molecule has 0 heterocycles. The van der Waals surface area contributed by atoms with Crippen LogP contribution in [0.1, 0.15) is 53.4 Å². The number of hydrogen-bond acceptors (Lipinski definition) is 1. The second-order valence-corrected chi connectivity index (χ2v) is 13.4. The van der Waals surface area contributed by atoms with Crippen LogP contribution >= 0.6 is 0 Å². The molecule has 114 valence electrons. The number of allylic oxidation sites excluding steroid dienone is 2. The zero-order chi connectivity index (χ0) is 14.9. The summed E-state index contributed by atoms with van der Waals surface area (Å²) in [5.74, 6) is 3.98. The van der Waals surface area contributed by atoms with Gasteiger partial charge < -0.3 is 4.43 Å². The molecule has 1 nitrogen and oxygen atoms in total. The first-order chi connectivity index (χ1) is 9.13. The van der Waals surface area contributed by atoms with Crippen LogP contribution in [0, 0.1) is 28.6 Å². The van der Waals surface area contributed by atoms with Crippen molar-refractivity contribution in [3.8, 4) is 0 Å². The Labute approximate surface area is 126 Å². The maximum Gasteiger partial charge on any atom is 0.241 e. The van der Waals surface area contributed by atoms with Crippen molar-refractivity contribution >= 4 is 8.32 Å². The minimum Gasteiger partial charge on any atom is -0.547 e. The highest BCUT2D eigenvalue weighted by molar-refractivity contribution is 6.70. The van der Waals surface area contributed by atoms with Gasteiger partial charge in [-0.2, -0.15) is 0 Å². The van der Waals surface area contributed by atoms with E-state index in [4.69, 9.17) is 4.43 Å². The minimum atomic E-state index is -1.52. The van der Waals surface area contributed by atoms with E-state index >= 15 is 0 Å². The molecule has 0 radical (unpaired) electrons. The van der Waals surface area contributed by atoms with Crippen LogP contribution in [0.5, 0.6) is 0 Å². The van der Waals surface area contributed by atoms with Crippen molar-refractivity contribution in [1.29, 1.82) is 0 Å². The van der Waals surface area contributed by atoms with E-state index < -0.39 is 8.32 Å². The third-order valence-electron chi connectivity index (χ3n) is 7.03. The van der Waals surface area contributed by atoms with Crippen LogP contribution in [0.25, 0.3) is 0 Å². The fourth-order valence-corrected chi connectivity index (χ4v) is 7.12. The van der Waals surface area contributed by atoms with Crippen LogP contribution in [0.3, 0.4) is 0 Å². The molecule has 1 unspecified atom stereocenters. The van der Waals surface area contributed by atoms with Crippen molar-refractivity contribution in [1.82, 2.24) is 0 Å². The third-order valence-corrected chi connectivity index (χ3v) is 7.85. The Morgan fingerprint density at radius 3 is 2.35 bits per heavy atom. The fourth-order valence-electron chi connectivity index (χ4n) is 6.12. The van der Waals surface area contributed by atoms with Crippen molar-refractivity contribution in [3.05, 3.63) is 11.3 Å². The highest BCUT2D eigenvalue weighted by Gasteiger charge is 2.69. The standard InChI is InChI=1S/C18H32OSi/c1-12-8-11-18-14(3)13(2)16(19-20(5,6)7)17(18,4)10-9-15(12)18/h12,14-15H,8-11H2,1-7H3/t12-,14?,15+,17+,18+/m1/s1. The van der Waals surface area contributed by atoms with Gasteiger partial charge >= 0.3 is 0 Å². The smallest absolute Gasteiger partial charge is 0.241 e. The Hall–Kier alpha value is -0.243. The molecule has 2 fully saturated rings. The molecule has 0 aromatic carbocycles. The lowest BCUT2D eigenvalue weighted by Gasteiger charge is -2.44. The molecule has 0 N–H and O–H groups in total. The first kappa shape index (κ1) is 14.7. The summed E-state index contributed by atoms with van der Waals surface area (Å²) in [6.45, 7) is 16.9. The van der Waals surface area contributed by atoms with Crippen molar-refractivity contribution in [3.63, 3.8) is 0 Å². The van der Waals surface area contributed by atoms with E-state index in [9.17, 15) is 0 Å². The predicted octanol–water partition coefficient (Wildman–Crippen LogP) is 5.59. The average Bonchev–Trinajstić information content (AvgIpc) is 2.87. The van der Waals surface area contributed by atoms with E-state index in [0.29, 0.717) is 10.8 Å². The van der Waals surface area contributed by atoms with Crippen LogP contribution in [0.4, 0.5) is 0 Å². The van der Waals surface area contributed by atoms with Crippen molar-refractivity contribution in [2.24, 2.45) is 28.6 Å². The number of rotatable bonds is 2. The van der Waals surface area contributed by atoms with Crippen LogP contribution in [-0.4, -0.2) is 8.32 Å².